The first-order chi connectivity index (χ1) is 15.3. The van der Waals surface area contributed by atoms with E-state index in [0.717, 1.165) is 25.0 Å². The molecule has 13 heteroatoms. The Labute approximate surface area is 202 Å². The summed E-state index contributed by atoms with van der Waals surface area (Å²) < 4.78 is 0.395. The van der Waals surface area contributed by atoms with Crippen molar-refractivity contribution in [3.8, 4) is 0 Å². The van der Waals surface area contributed by atoms with Gasteiger partial charge in [0.1, 0.15) is 3.70 Å². The van der Waals surface area contributed by atoms with Gasteiger partial charge in [-0.05, 0) is 48.8 Å². The van der Waals surface area contributed by atoms with Crippen LogP contribution in [0.15, 0.2) is 10.5 Å². The zero-order chi connectivity index (χ0) is 22.9. The predicted molar refractivity (Wildman–Crippen MR) is 130 cm³/mol. The molecule has 0 aliphatic carbocycles. The third-order valence-electron chi connectivity index (χ3n) is 5.78. The summed E-state index contributed by atoms with van der Waals surface area (Å²) in [6, 6.07) is 0. The molecule has 6 N–H and O–H groups in total. The number of anilines is 2. The summed E-state index contributed by atoms with van der Waals surface area (Å²) in [6.07, 6.45) is 2.75. The van der Waals surface area contributed by atoms with Gasteiger partial charge < -0.3 is 27.0 Å². The summed E-state index contributed by atoms with van der Waals surface area (Å²) in [5, 5.41) is 6.48. The molecule has 2 aromatic heterocycles. The molecule has 2 saturated heterocycles. The fourth-order valence-corrected chi connectivity index (χ4v) is 4.99. The number of thiazole rings is 1. The standard InChI is InChI=1S/C19H24IN9O2S/c1-10-11(32-9-24-10)2-3-12(30)29-6-4-19(5-7-29)8-23-18(28-19)27-17(31)13-15(21)26-16(22)14(20)25-13/h9H,2-8H2,1H3,(H4,21,22,26)(H2,23,27,28,31). The molecule has 0 bridgehead atoms. The van der Waals surface area contributed by atoms with Crippen LogP contribution in [-0.4, -0.2) is 62.8 Å². The Morgan fingerprint density at radius 1 is 1.28 bits per heavy atom. The molecule has 4 heterocycles. The third kappa shape index (κ3) is 4.77. The van der Waals surface area contributed by atoms with Gasteiger partial charge in [-0.3, -0.25) is 9.59 Å². The summed E-state index contributed by atoms with van der Waals surface area (Å²) in [4.78, 5) is 44.6. The van der Waals surface area contributed by atoms with Crippen molar-refractivity contribution >= 4 is 63.3 Å². The minimum atomic E-state index is -0.592. The van der Waals surface area contributed by atoms with Crippen molar-refractivity contribution in [3.05, 3.63) is 25.5 Å². The predicted octanol–water partition coefficient (Wildman–Crippen LogP) is 0.694. The number of guanidine groups is 1. The largest absolute Gasteiger partial charge is 0.382 e. The molecule has 2 fully saturated rings. The van der Waals surface area contributed by atoms with Crippen molar-refractivity contribution in [3.63, 3.8) is 0 Å². The summed E-state index contributed by atoms with van der Waals surface area (Å²) >= 11 is 3.49. The third-order valence-corrected chi connectivity index (χ3v) is 7.57. The molecule has 0 saturated carbocycles. The van der Waals surface area contributed by atoms with Gasteiger partial charge in [-0.25, -0.2) is 15.0 Å². The molecule has 2 amide bonds. The molecule has 0 radical (unpaired) electrons. The number of nitrogens with zero attached hydrogens (tertiary/aromatic N) is 5. The van der Waals surface area contributed by atoms with Gasteiger partial charge in [0.2, 0.25) is 5.91 Å². The molecular formula is C19H24IN9O2S. The van der Waals surface area contributed by atoms with E-state index >= 15 is 0 Å². The van der Waals surface area contributed by atoms with Gasteiger partial charge in [0.25, 0.3) is 0 Å². The number of aromatic nitrogens is 3. The van der Waals surface area contributed by atoms with E-state index in [4.69, 9.17) is 11.5 Å². The van der Waals surface area contributed by atoms with Crippen LogP contribution in [0.25, 0.3) is 0 Å². The maximum absolute atomic E-state index is 12.6. The zero-order valence-corrected chi connectivity index (χ0v) is 20.5. The van der Waals surface area contributed by atoms with Crippen LogP contribution >= 0.6 is 33.9 Å². The van der Waals surface area contributed by atoms with E-state index in [0.29, 0.717) is 35.7 Å². The Bertz CT molecular complexity index is 1080. The van der Waals surface area contributed by atoms with Crippen molar-refractivity contribution in [2.45, 2.75) is 38.1 Å². The summed E-state index contributed by atoms with van der Waals surface area (Å²) in [5.41, 5.74) is 14.0. The Kier molecular flexibility index (Phi) is 6.46. The van der Waals surface area contributed by atoms with E-state index in [1.54, 1.807) is 11.3 Å². The fraction of sp³-hybridized carbons (Fsp3) is 0.474. The second kappa shape index (κ2) is 9.13. The van der Waals surface area contributed by atoms with E-state index in [9.17, 15) is 9.59 Å². The number of rotatable bonds is 4. The first-order valence-electron chi connectivity index (χ1n) is 10.2. The number of aryl methyl sites for hydroxylation is 2. The normalized spacial score (nSPS) is 18.6. The maximum atomic E-state index is 12.6. The number of hydrogen-bond acceptors (Lipinski definition) is 8. The first kappa shape index (κ1) is 22.6. The quantitative estimate of drug-likeness (QED) is 0.388. The second-order valence-electron chi connectivity index (χ2n) is 7.90. The lowest BCUT2D eigenvalue weighted by Crippen LogP contribution is -2.53. The number of carbonyl (C=O) groups is 2. The number of piperidine rings is 1. The molecular weight excluding hydrogens is 545 g/mol. The summed E-state index contributed by atoms with van der Waals surface area (Å²) in [6.45, 7) is 3.91. The number of hydrogen-bond donors (Lipinski definition) is 4. The molecule has 2 aliphatic rings. The minimum Gasteiger partial charge on any atom is -0.382 e. The van der Waals surface area contributed by atoms with E-state index in [1.165, 1.54) is 4.88 Å². The number of carbonyl (C=O) groups excluding carboxylic acids is 2. The van der Waals surface area contributed by atoms with Crippen LogP contribution in [0.3, 0.4) is 0 Å². The van der Waals surface area contributed by atoms with Crippen molar-refractivity contribution < 1.29 is 9.59 Å². The number of amides is 2. The van der Waals surface area contributed by atoms with E-state index < -0.39 is 5.91 Å². The Morgan fingerprint density at radius 3 is 2.72 bits per heavy atom. The van der Waals surface area contributed by atoms with Crippen LogP contribution in [0.4, 0.5) is 11.6 Å². The number of aliphatic imine (C=N–C) groups is 1. The van der Waals surface area contributed by atoms with Gasteiger partial charge >= 0.3 is 5.91 Å². The minimum absolute atomic E-state index is 0.0303. The SMILES string of the molecule is Cc1ncsc1CCC(=O)N1CCC2(CC1)CN/C(=N\C(=O)c1nc(I)c(N)nc1N)N2. The molecule has 2 aliphatic heterocycles. The fourth-order valence-electron chi connectivity index (χ4n) is 3.84. The van der Waals surface area contributed by atoms with Gasteiger partial charge in [0.15, 0.2) is 23.3 Å². The van der Waals surface area contributed by atoms with Crippen LogP contribution < -0.4 is 22.1 Å². The second-order valence-corrected chi connectivity index (χ2v) is 9.86. The molecule has 170 valence electrons. The zero-order valence-electron chi connectivity index (χ0n) is 17.5. The van der Waals surface area contributed by atoms with Crippen molar-refractivity contribution in [1.29, 1.82) is 0 Å². The van der Waals surface area contributed by atoms with Gasteiger partial charge in [0.05, 0.1) is 16.7 Å². The van der Waals surface area contributed by atoms with Crippen LogP contribution in [0, 0.1) is 10.6 Å². The summed E-state index contributed by atoms with van der Waals surface area (Å²) in [7, 11) is 0. The van der Waals surface area contributed by atoms with Crippen LogP contribution in [-0.2, 0) is 11.2 Å². The molecule has 0 aromatic carbocycles. The van der Waals surface area contributed by atoms with Crippen LogP contribution in [0.2, 0.25) is 0 Å². The average molecular weight is 569 g/mol. The van der Waals surface area contributed by atoms with Crippen molar-refractivity contribution in [1.82, 2.24) is 30.5 Å². The maximum Gasteiger partial charge on any atom is 0.302 e. The highest BCUT2D eigenvalue weighted by molar-refractivity contribution is 14.1. The number of halogens is 1. The lowest BCUT2D eigenvalue weighted by Gasteiger charge is -2.38. The number of nitrogens with one attached hydrogen (secondary N) is 2. The molecule has 0 atom stereocenters. The van der Waals surface area contributed by atoms with Gasteiger partial charge in [-0.2, -0.15) is 4.99 Å². The van der Waals surface area contributed by atoms with Crippen LogP contribution in [0.1, 0.15) is 40.3 Å². The highest BCUT2D eigenvalue weighted by atomic mass is 127. The topological polar surface area (TPSA) is 165 Å². The van der Waals surface area contributed by atoms with E-state index in [2.05, 4.69) is 30.6 Å². The highest BCUT2D eigenvalue weighted by Gasteiger charge is 2.40. The van der Waals surface area contributed by atoms with Crippen molar-refractivity contribution in [2.24, 2.45) is 4.99 Å². The lowest BCUT2D eigenvalue weighted by atomic mass is 9.88. The molecule has 2 aromatic rings. The first-order valence-corrected chi connectivity index (χ1v) is 12.1. The smallest absolute Gasteiger partial charge is 0.302 e. The Balaban J connectivity index is 1.32. The van der Waals surface area contributed by atoms with Crippen LogP contribution in [0.5, 0.6) is 0 Å². The Morgan fingerprint density at radius 2 is 2.03 bits per heavy atom. The number of nitrogens with two attached hydrogens (primary N) is 2. The molecule has 32 heavy (non-hydrogen) atoms. The van der Waals surface area contributed by atoms with Gasteiger partial charge in [-0.15, -0.1) is 11.3 Å². The van der Waals surface area contributed by atoms with E-state index in [1.807, 2.05) is 39.9 Å². The molecule has 4 rings (SSSR count). The van der Waals surface area contributed by atoms with Gasteiger partial charge in [-0.1, -0.05) is 0 Å². The average Bonchev–Trinajstić information content (AvgIpc) is 3.35. The highest BCUT2D eigenvalue weighted by Crippen LogP contribution is 2.25. The van der Waals surface area contributed by atoms with Crippen molar-refractivity contribution in [2.75, 3.05) is 31.1 Å². The number of nitrogen functional groups attached to an aromatic ring is 2. The van der Waals surface area contributed by atoms with E-state index in [-0.39, 0.29) is 28.8 Å². The lowest BCUT2D eigenvalue weighted by molar-refractivity contribution is -0.132. The molecule has 11 nitrogen and oxygen atoms in total. The Hall–Kier alpha value is -2.55. The molecule has 0 unspecified atom stereocenters. The molecule has 1 spiro atoms. The monoisotopic (exact) mass is 569 g/mol. The number of likely N-dealkylation sites (tertiary alicyclic amines) is 1. The van der Waals surface area contributed by atoms with Gasteiger partial charge in [0, 0.05) is 30.9 Å². The summed E-state index contributed by atoms with van der Waals surface area (Å²) in [5.74, 6) is 0.0706.